The average molecular weight is 370 g/mol. The van der Waals surface area contributed by atoms with Crippen molar-refractivity contribution >= 4 is 22.6 Å². The van der Waals surface area contributed by atoms with Crippen LogP contribution >= 0.6 is 22.6 Å². The highest BCUT2D eigenvalue weighted by molar-refractivity contribution is 14.1. The molecule has 0 bridgehead atoms. The minimum atomic E-state index is -0.138. The molecule has 2 nitrogen and oxygen atoms in total. The van der Waals surface area contributed by atoms with E-state index in [0.29, 0.717) is 0 Å². The highest BCUT2D eigenvalue weighted by Gasteiger charge is 2.34. The Morgan fingerprint density at radius 1 is 0.833 bits per heavy atom. The lowest BCUT2D eigenvalue weighted by atomic mass is 9.82. The number of hydrogen-bond donors (Lipinski definition) is 0. The van der Waals surface area contributed by atoms with Crippen molar-refractivity contribution in [1.29, 1.82) is 0 Å². The Hall–Kier alpha value is 0.650. The third kappa shape index (κ3) is 10.6. The molecule has 0 heterocycles. The van der Waals surface area contributed by atoms with Crippen LogP contribution in [-0.2, 0) is 9.47 Å². The Kier molecular flexibility index (Phi) is 6.18. The first-order valence-electron chi connectivity index (χ1n) is 6.65. The van der Waals surface area contributed by atoms with Gasteiger partial charge in [-0.2, -0.15) is 0 Å². The fourth-order valence-electron chi connectivity index (χ4n) is 2.44. The van der Waals surface area contributed by atoms with E-state index in [1.165, 1.54) is 0 Å². The molecule has 0 aromatic rings. The standard InChI is InChI=1S/C15H31IO2/c1-12(2,3)18-14(6,7)10-13(4,5)11-17-15(8,9)16/h10-11H2,1-9H3. The normalized spacial score (nSPS) is 15.0. The van der Waals surface area contributed by atoms with Crippen LogP contribution in [0.25, 0.3) is 0 Å². The lowest BCUT2D eigenvalue weighted by Gasteiger charge is -2.40. The smallest absolute Gasteiger partial charge is 0.113 e. The molecule has 0 saturated heterocycles. The summed E-state index contributed by atoms with van der Waals surface area (Å²) in [6.07, 6.45) is 0.976. The molecule has 0 aromatic carbocycles. The van der Waals surface area contributed by atoms with Gasteiger partial charge in [-0.3, -0.25) is 0 Å². The lowest BCUT2D eigenvalue weighted by Crippen LogP contribution is -2.40. The maximum atomic E-state index is 6.14. The van der Waals surface area contributed by atoms with E-state index in [1.807, 2.05) is 0 Å². The molecule has 0 aliphatic rings. The second kappa shape index (κ2) is 5.96. The Morgan fingerprint density at radius 3 is 1.61 bits per heavy atom. The lowest BCUT2D eigenvalue weighted by molar-refractivity contribution is -0.136. The summed E-state index contributed by atoms with van der Waals surface area (Å²) in [5.74, 6) is 0. The average Bonchev–Trinajstić information content (AvgIpc) is 1.91. The van der Waals surface area contributed by atoms with Crippen molar-refractivity contribution in [2.24, 2.45) is 5.41 Å². The Labute approximate surface area is 127 Å². The van der Waals surface area contributed by atoms with Crippen LogP contribution in [0.4, 0.5) is 0 Å². The number of rotatable bonds is 6. The first-order valence-corrected chi connectivity index (χ1v) is 7.73. The SMILES string of the molecule is CC(C)(COC(C)(C)I)CC(C)(C)OC(C)(C)C. The molecule has 0 N–H and O–H groups in total. The van der Waals surface area contributed by atoms with E-state index in [0.717, 1.165) is 13.0 Å². The van der Waals surface area contributed by atoms with E-state index >= 15 is 0 Å². The summed E-state index contributed by atoms with van der Waals surface area (Å²) in [6.45, 7) is 20.0. The van der Waals surface area contributed by atoms with Crippen LogP contribution in [0.2, 0.25) is 0 Å². The summed E-state index contributed by atoms with van der Waals surface area (Å²) in [5.41, 5.74) is -0.138. The van der Waals surface area contributed by atoms with Crippen molar-refractivity contribution in [2.45, 2.75) is 83.5 Å². The van der Waals surface area contributed by atoms with Gasteiger partial charge in [-0.25, -0.2) is 0 Å². The van der Waals surface area contributed by atoms with Crippen LogP contribution in [0, 0.1) is 5.41 Å². The van der Waals surface area contributed by atoms with Gasteiger partial charge in [0, 0.05) is 0 Å². The molecular formula is C15H31IO2. The zero-order valence-corrected chi connectivity index (χ0v) is 15.8. The van der Waals surface area contributed by atoms with Gasteiger partial charge in [0.25, 0.3) is 0 Å². The van der Waals surface area contributed by atoms with Crippen LogP contribution < -0.4 is 0 Å². The number of halogens is 1. The quantitative estimate of drug-likeness (QED) is 0.474. The molecule has 0 radical (unpaired) electrons. The van der Waals surface area contributed by atoms with Crippen molar-refractivity contribution in [3.63, 3.8) is 0 Å². The predicted molar refractivity (Wildman–Crippen MR) is 87.4 cm³/mol. The second-order valence-corrected chi connectivity index (χ2v) is 10.6. The monoisotopic (exact) mass is 370 g/mol. The Balaban J connectivity index is 4.47. The van der Waals surface area contributed by atoms with E-state index in [9.17, 15) is 0 Å². The van der Waals surface area contributed by atoms with Crippen LogP contribution in [-0.4, -0.2) is 21.4 Å². The maximum absolute atomic E-state index is 6.14. The van der Waals surface area contributed by atoms with Gasteiger partial charge < -0.3 is 9.47 Å². The summed E-state index contributed by atoms with van der Waals surface area (Å²) in [7, 11) is 0. The molecule has 0 atom stereocenters. The first kappa shape index (κ1) is 18.7. The van der Waals surface area contributed by atoms with E-state index in [2.05, 4.69) is 84.9 Å². The summed E-state index contributed by atoms with van der Waals surface area (Å²) >= 11 is 2.32. The highest BCUT2D eigenvalue weighted by Crippen LogP contribution is 2.34. The fraction of sp³-hybridized carbons (Fsp3) is 1.00. The molecule has 110 valence electrons. The van der Waals surface area contributed by atoms with Crippen molar-refractivity contribution in [3.8, 4) is 0 Å². The minimum Gasteiger partial charge on any atom is -0.370 e. The first-order chi connectivity index (χ1) is 7.62. The van der Waals surface area contributed by atoms with Crippen molar-refractivity contribution in [3.05, 3.63) is 0 Å². The summed E-state index contributed by atoms with van der Waals surface area (Å²) in [4.78, 5) is 0. The zero-order chi connectivity index (χ0) is 14.8. The molecule has 0 saturated carbocycles. The molecule has 0 fully saturated rings. The third-order valence-corrected chi connectivity index (χ3v) is 2.60. The fourth-order valence-corrected chi connectivity index (χ4v) is 2.59. The second-order valence-electron chi connectivity index (χ2n) is 7.97. The van der Waals surface area contributed by atoms with Gasteiger partial charge in [0.1, 0.15) is 3.61 Å². The van der Waals surface area contributed by atoms with Gasteiger partial charge >= 0.3 is 0 Å². The van der Waals surface area contributed by atoms with Crippen LogP contribution in [0.15, 0.2) is 0 Å². The Bertz CT molecular complexity index is 257. The summed E-state index contributed by atoms with van der Waals surface area (Å²) < 4.78 is 11.9. The van der Waals surface area contributed by atoms with E-state index in [4.69, 9.17) is 9.47 Å². The molecular weight excluding hydrogens is 339 g/mol. The Morgan fingerprint density at radius 2 is 1.28 bits per heavy atom. The van der Waals surface area contributed by atoms with Crippen molar-refractivity contribution < 1.29 is 9.47 Å². The van der Waals surface area contributed by atoms with Gasteiger partial charge in [-0.1, -0.05) is 13.8 Å². The number of ether oxygens (including phenoxy) is 2. The van der Waals surface area contributed by atoms with E-state index < -0.39 is 0 Å². The molecule has 0 unspecified atom stereocenters. The van der Waals surface area contributed by atoms with Gasteiger partial charge in [0.05, 0.1) is 17.8 Å². The van der Waals surface area contributed by atoms with Crippen LogP contribution in [0.3, 0.4) is 0 Å². The zero-order valence-electron chi connectivity index (χ0n) is 13.6. The molecule has 0 rings (SSSR count). The molecule has 18 heavy (non-hydrogen) atoms. The molecule has 0 aliphatic heterocycles. The van der Waals surface area contributed by atoms with E-state index in [-0.39, 0.29) is 20.2 Å². The largest absolute Gasteiger partial charge is 0.370 e. The van der Waals surface area contributed by atoms with Crippen molar-refractivity contribution in [2.75, 3.05) is 6.61 Å². The predicted octanol–water partition coefficient (Wildman–Crippen LogP) is 5.18. The van der Waals surface area contributed by atoms with Crippen LogP contribution in [0.5, 0.6) is 0 Å². The van der Waals surface area contributed by atoms with Gasteiger partial charge in [-0.05, 0) is 82.9 Å². The summed E-state index contributed by atoms with van der Waals surface area (Å²) in [5, 5.41) is 0. The van der Waals surface area contributed by atoms with Crippen LogP contribution in [0.1, 0.15) is 68.7 Å². The number of alkyl halides is 1. The molecule has 0 aliphatic carbocycles. The topological polar surface area (TPSA) is 18.5 Å². The minimum absolute atomic E-state index is 0.107. The van der Waals surface area contributed by atoms with Crippen molar-refractivity contribution in [1.82, 2.24) is 0 Å². The highest BCUT2D eigenvalue weighted by atomic mass is 127. The van der Waals surface area contributed by atoms with Gasteiger partial charge in [0.15, 0.2) is 0 Å². The molecule has 3 heteroatoms. The third-order valence-electron chi connectivity index (χ3n) is 2.29. The number of hydrogen-bond acceptors (Lipinski definition) is 2. The molecule has 0 spiro atoms. The summed E-state index contributed by atoms with van der Waals surface area (Å²) in [6, 6.07) is 0. The van der Waals surface area contributed by atoms with Gasteiger partial charge in [-0.15, -0.1) is 0 Å². The van der Waals surface area contributed by atoms with E-state index in [1.54, 1.807) is 0 Å². The molecule has 0 aromatic heterocycles. The maximum Gasteiger partial charge on any atom is 0.113 e. The van der Waals surface area contributed by atoms with Gasteiger partial charge in [0.2, 0.25) is 0 Å². The molecule has 0 amide bonds.